The summed E-state index contributed by atoms with van der Waals surface area (Å²) >= 11 is 0. The second kappa shape index (κ2) is 5.84. The van der Waals surface area contributed by atoms with Crippen LogP contribution in [0.3, 0.4) is 0 Å². The van der Waals surface area contributed by atoms with Crippen LogP contribution in [-0.4, -0.2) is 12.8 Å². The molecular weight excluding hydrogens is 219 g/mol. The Morgan fingerprint density at radius 1 is 1.50 bits per heavy atom. The van der Waals surface area contributed by atoms with Gasteiger partial charge in [0.25, 0.3) is 0 Å². The number of allylic oxidation sites excluding steroid dienone is 2. The van der Waals surface area contributed by atoms with Gasteiger partial charge in [0.1, 0.15) is 5.78 Å². The van der Waals surface area contributed by atoms with Gasteiger partial charge in [0.05, 0.1) is 0 Å². The molecule has 0 bridgehead atoms. The zero-order chi connectivity index (χ0) is 10.1. The second-order valence-electron chi connectivity index (χ2n) is 3.44. The van der Waals surface area contributed by atoms with Crippen LogP contribution in [0, 0.1) is 5.92 Å². The Balaban J connectivity index is 0.00000169. The van der Waals surface area contributed by atoms with Gasteiger partial charge in [0.2, 0.25) is 0 Å². The molecule has 1 rings (SSSR count). The fraction of sp³-hybridized carbons (Fsp3) is 0.625. The molecule has 0 aromatic rings. The minimum absolute atomic E-state index is 0. The van der Waals surface area contributed by atoms with Crippen LogP contribution >= 0.6 is 0 Å². The molecule has 1 aliphatic carbocycles. The van der Waals surface area contributed by atoms with Crippen molar-refractivity contribution in [1.82, 2.24) is 0 Å². The Bertz CT molecular complexity index is 249. The normalized spacial score (nSPS) is 22.3. The van der Waals surface area contributed by atoms with Gasteiger partial charge in [-0.3, -0.25) is 4.79 Å². The van der Waals surface area contributed by atoms with E-state index < -0.39 is 18.4 Å². The summed E-state index contributed by atoms with van der Waals surface area (Å²) in [5.41, 5.74) is -0.480. The van der Waals surface area contributed by atoms with Gasteiger partial charge in [0.15, 0.2) is 0 Å². The van der Waals surface area contributed by atoms with Crippen LogP contribution in [0.25, 0.3) is 0 Å². The Labute approximate surface area is 124 Å². The summed E-state index contributed by atoms with van der Waals surface area (Å²) in [6.45, 7) is -3.52. The number of carbonyl (C=O) groups excluding carboxylic acids is 1. The topological polar surface area (TPSA) is 17.1 Å². The summed E-state index contributed by atoms with van der Waals surface area (Å²) in [6.07, 6.45) is 2.05. The smallest absolute Gasteiger partial charge is 0.445 e. The summed E-state index contributed by atoms with van der Waals surface area (Å²) in [4.78, 5) is 10.9. The Morgan fingerprint density at radius 3 is 2.50 bits per heavy atom. The van der Waals surface area contributed by atoms with Crippen LogP contribution < -0.4 is 51.4 Å². The van der Waals surface area contributed by atoms with Gasteiger partial charge < -0.3 is 12.9 Å². The molecule has 0 saturated carbocycles. The molecule has 0 fully saturated rings. The van der Waals surface area contributed by atoms with Crippen molar-refractivity contribution < 1.29 is 69.1 Å². The summed E-state index contributed by atoms with van der Waals surface area (Å²) in [6, 6.07) is 0. The van der Waals surface area contributed by atoms with Crippen molar-refractivity contribution in [3.8, 4) is 0 Å². The number of Topliss-reactive ketones (excluding diaryl/α,β-unsaturated/α-hetero) is 1. The van der Waals surface area contributed by atoms with Crippen molar-refractivity contribution in [2.75, 3.05) is 0 Å². The molecule has 1 atom stereocenters. The number of carbonyl (C=O) groups is 1. The third-order valence-corrected chi connectivity index (χ3v) is 2.40. The third-order valence-electron chi connectivity index (χ3n) is 2.40. The van der Waals surface area contributed by atoms with Crippen molar-refractivity contribution >= 4 is 12.8 Å². The Morgan fingerprint density at radius 2 is 2.07 bits per heavy atom. The van der Waals surface area contributed by atoms with E-state index in [1.165, 1.54) is 13.0 Å². The molecule has 0 N–H and O–H groups in total. The number of hydrogen-bond acceptors (Lipinski definition) is 1. The van der Waals surface area contributed by atoms with E-state index in [2.05, 4.69) is 0 Å². The maximum Gasteiger partial charge on any atom is 1.00 e. The van der Waals surface area contributed by atoms with Crippen molar-refractivity contribution in [3.05, 3.63) is 11.5 Å². The average molecular weight is 230 g/mol. The summed E-state index contributed by atoms with van der Waals surface area (Å²) in [5.74, 6) is -0.547. The SMILES string of the molecule is CC(=O)C1CCC=C([B-](F)(F)F)C1.[K+]. The fourth-order valence-corrected chi connectivity index (χ4v) is 1.55. The second-order valence-corrected chi connectivity index (χ2v) is 3.44. The zero-order valence-electron chi connectivity index (χ0n) is 8.40. The molecule has 0 amide bonds. The molecule has 1 nitrogen and oxygen atoms in total. The van der Waals surface area contributed by atoms with E-state index in [1.807, 2.05) is 0 Å². The minimum atomic E-state index is -4.88. The van der Waals surface area contributed by atoms with E-state index >= 15 is 0 Å². The molecule has 0 saturated heterocycles. The van der Waals surface area contributed by atoms with Crippen LogP contribution in [0.1, 0.15) is 26.2 Å². The van der Waals surface area contributed by atoms with Crippen LogP contribution in [0.5, 0.6) is 0 Å². The van der Waals surface area contributed by atoms with Crippen molar-refractivity contribution in [1.29, 1.82) is 0 Å². The summed E-state index contributed by atoms with van der Waals surface area (Å²) in [7, 11) is 0. The van der Waals surface area contributed by atoms with Crippen LogP contribution in [-0.2, 0) is 4.79 Å². The number of halogens is 3. The Hall–Kier alpha value is 0.901. The monoisotopic (exact) mass is 230 g/mol. The maximum absolute atomic E-state index is 12.3. The quantitative estimate of drug-likeness (QED) is 0.595. The van der Waals surface area contributed by atoms with Gasteiger partial charge >= 0.3 is 58.4 Å². The van der Waals surface area contributed by atoms with Gasteiger partial charge in [-0.15, -0.1) is 11.5 Å². The van der Waals surface area contributed by atoms with E-state index in [4.69, 9.17) is 0 Å². The Kier molecular flexibility index (Phi) is 6.22. The molecule has 1 aliphatic rings. The standard InChI is InChI=1S/C8H11BF3O.K/c1-6(13)7-3-2-4-8(5-7)9(10,11)12;/h4,7H,2-3,5H2,1H3;/q-1;+1. The molecule has 74 valence electrons. The molecular formula is C8H11BF3KO. The van der Waals surface area contributed by atoms with E-state index in [0.29, 0.717) is 12.8 Å². The van der Waals surface area contributed by atoms with Crippen LogP contribution in [0.4, 0.5) is 12.9 Å². The van der Waals surface area contributed by atoms with Gasteiger partial charge in [-0.05, 0) is 26.2 Å². The molecule has 0 radical (unpaired) electrons. The predicted octanol–water partition coefficient (Wildman–Crippen LogP) is -0.307. The molecule has 0 heterocycles. The molecule has 0 spiro atoms. The van der Waals surface area contributed by atoms with E-state index in [1.54, 1.807) is 0 Å². The largest absolute Gasteiger partial charge is 1.00 e. The molecule has 0 aromatic heterocycles. The first kappa shape index (κ1) is 14.9. The van der Waals surface area contributed by atoms with Gasteiger partial charge in [0, 0.05) is 5.92 Å². The molecule has 0 aliphatic heterocycles. The van der Waals surface area contributed by atoms with Crippen molar-refractivity contribution in [2.24, 2.45) is 5.92 Å². The van der Waals surface area contributed by atoms with Gasteiger partial charge in [-0.1, -0.05) is 0 Å². The van der Waals surface area contributed by atoms with Crippen molar-refractivity contribution in [2.45, 2.75) is 26.2 Å². The first-order chi connectivity index (χ1) is 5.91. The number of rotatable bonds is 2. The van der Waals surface area contributed by atoms with E-state index in [0.717, 1.165) is 0 Å². The summed E-state index contributed by atoms with van der Waals surface area (Å²) in [5, 5.41) is 0. The summed E-state index contributed by atoms with van der Waals surface area (Å²) < 4.78 is 36.8. The van der Waals surface area contributed by atoms with E-state index in [-0.39, 0.29) is 63.6 Å². The molecule has 0 aromatic carbocycles. The zero-order valence-corrected chi connectivity index (χ0v) is 11.5. The average Bonchev–Trinajstić information content (AvgIpc) is 2.03. The molecule has 14 heavy (non-hydrogen) atoms. The van der Waals surface area contributed by atoms with Gasteiger partial charge in [-0.2, -0.15) is 0 Å². The minimum Gasteiger partial charge on any atom is -0.445 e. The van der Waals surface area contributed by atoms with Crippen molar-refractivity contribution in [3.63, 3.8) is 0 Å². The number of ketones is 1. The fourth-order valence-electron chi connectivity index (χ4n) is 1.55. The first-order valence-corrected chi connectivity index (χ1v) is 4.30. The molecule has 1 unspecified atom stereocenters. The number of hydrogen-bond donors (Lipinski definition) is 0. The predicted molar refractivity (Wildman–Crippen MR) is 45.2 cm³/mol. The van der Waals surface area contributed by atoms with Crippen LogP contribution in [0.15, 0.2) is 11.5 Å². The van der Waals surface area contributed by atoms with E-state index in [9.17, 15) is 17.7 Å². The van der Waals surface area contributed by atoms with Crippen LogP contribution in [0.2, 0.25) is 0 Å². The van der Waals surface area contributed by atoms with Gasteiger partial charge in [-0.25, -0.2) is 0 Å². The first-order valence-electron chi connectivity index (χ1n) is 4.30. The molecule has 6 heteroatoms. The maximum atomic E-state index is 12.3. The third kappa shape index (κ3) is 4.18.